The maximum absolute atomic E-state index is 13.3. The Morgan fingerprint density at radius 2 is 2.00 bits per heavy atom. The van der Waals surface area contributed by atoms with Crippen molar-refractivity contribution in [2.45, 2.75) is 64.2 Å². The van der Waals surface area contributed by atoms with Crippen LogP contribution in [0.1, 0.15) is 60.5 Å². The average molecular weight is 522 g/mol. The SMILES string of the molecule is COc1cc(CN(C(=O)O)c2ccc(N3CCCCC3C)nc2)cc2c1CN(C1CCC(=O)NC1=O)C2=O. The zero-order valence-electron chi connectivity index (χ0n) is 21.5. The van der Waals surface area contributed by atoms with Gasteiger partial charge in [0.2, 0.25) is 11.8 Å². The molecule has 2 fully saturated rings. The van der Waals surface area contributed by atoms with Crippen molar-refractivity contribution in [3.8, 4) is 5.75 Å². The van der Waals surface area contributed by atoms with Gasteiger partial charge < -0.3 is 19.6 Å². The molecule has 0 aliphatic carbocycles. The van der Waals surface area contributed by atoms with Gasteiger partial charge in [-0.25, -0.2) is 9.78 Å². The van der Waals surface area contributed by atoms with E-state index in [2.05, 4.69) is 22.1 Å². The molecule has 11 nitrogen and oxygen atoms in total. The van der Waals surface area contributed by atoms with Crippen LogP contribution >= 0.6 is 0 Å². The Labute approximate surface area is 220 Å². The zero-order chi connectivity index (χ0) is 27.0. The molecule has 2 aromatic rings. The maximum Gasteiger partial charge on any atom is 0.412 e. The van der Waals surface area contributed by atoms with E-state index in [0.29, 0.717) is 34.2 Å². The van der Waals surface area contributed by atoms with E-state index in [9.17, 15) is 24.3 Å². The van der Waals surface area contributed by atoms with Crippen molar-refractivity contribution in [2.24, 2.45) is 0 Å². The second-order valence-corrected chi connectivity index (χ2v) is 10.0. The van der Waals surface area contributed by atoms with Gasteiger partial charge in [0.05, 0.1) is 32.1 Å². The third kappa shape index (κ3) is 4.75. The minimum absolute atomic E-state index is 0.0220. The summed E-state index contributed by atoms with van der Waals surface area (Å²) in [4.78, 5) is 58.9. The molecule has 3 aliphatic heterocycles. The zero-order valence-corrected chi connectivity index (χ0v) is 21.5. The van der Waals surface area contributed by atoms with E-state index in [4.69, 9.17) is 4.74 Å². The number of carbonyl (C=O) groups excluding carboxylic acids is 3. The second kappa shape index (κ2) is 10.3. The number of rotatable bonds is 6. The van der Waals surface area contributed by atoms with Crippen LogP contribution in [0, 0.1) is 0 Å². The lowest BCUT2D eigenvalue weighted by Gasteiger charge is -2.34. The Morgan fingerprint density at radius 3 is 2.66 bits per heavy atom. The Hall–Kier alpha value is -4.15. The highest BCUT2D eigenvalue weighted by Gasteiger charge is 2.40. The number of nitrogens with one attached hydrogen (secondary N) is 1. The molecule has 4 amide bonds. The maximum atomic E-state index is 13.3. The van der Waals surface area contributed by atoms with Crippen LogP contribution in [0.25, 0.3) is 0 Å². The molecule has 4 heterocycles. The van der Waals surface area contributed by atoms with Crippen LogP contribution in [0.4, 0.5) is 16.3 Å². The summed E-state index contributed by atoms with van der Waals surface area (Å²) in [5, 5.41) is 12.3. The molecular weight excluding hydrogens is 490 g/mol. The molecule has 5 rings (SSSR count). The minimum Gasteiger partial charge on any atom is -0.496 e. The fraction of sp³-hybridized carbons (Fsp3) is 0.444. The standard InChI is InChI=1S/C27H31N5O6/c1-16-5-3-4-10-30(16)23-8-6-18(13-28-23)31(27(36)37)14-17-11-19-20(22(12-17)38-2)15-32(26(19)35)21-7-9-24(33)29-25(21)34/h6,8,11-13,16,21H,3-5,7,9-10,14-15H2,1-2H3,(H,36,37)(H,29,33,34). The first-order chi connectivity index (χ1) is 18.3. The van der Waals surface area contributed by atoms with Gasteiger partial charge in [0.1, 0.15) is 17.6 Å². The van der Waals surface area contributed by atoms with Gasteiger partial charge in [-0.05, 0) is 62.4 Å². The number of piperidine rings is 2. The fourth-order valence-corrected chi connectivity index (χ4v) is 5.56. The Balaban J connectivity index is 1.38. The highest BCUT2D eigenvalue weighted by atomic mass is 16.5. The van der Waals surface area contributed by atoms with Gasteiger partial charge in [-0.1, -0.05) is 0 Å². The molecule has 0 spiro atoms. The Kier molecular flexibility index (Phi) is 6.92. The summed E-state index contributed by atoms with van der Waals surface area (Å²) in [6, 6.07) is 6.60. The monoisotopic (exact) mass is 521 g/mol. The van der Waals surface area contributed by atoms with E-state index in [-0.39, 0.29) is 37.7 Å². The van der Waals surface area contributed by atoms with Crippen molar-refractivity contribution in [2.75, 3.05) is 23.5 Å². The number of nitrogens with zero attached hydrogens (tertiary/aromatic N) is 4. The van der Waals surface area contributed by atoms with Gasteiger partial charge in [0.15, 0.2) is 0 Å². The molecule has 2 saturated heterocycles. The van der Waals surface area contributed by atoms with E-state index < -0.39 is 18.0 Å². The summed E-state index contributed by atoms with van der Waals surface area (Å²) < 4.78 is 5.55. The highest BCUT2D eigenvalue weighted by Crippen LogP contribution is 2.35. The van der Waals surface area contributed by atoms with Crippen molar-refractivity contribution in [1.82, 2.24) is 15.2 Å². The van der Waals surface area contributed by atoms with E-state index in [0.717, 1.165) is 25.2 Å². The smallest absolute Gasteiger partial charge is 0.412 e. The minimum atomic E-state index is -1.15. The van der Waals surface area contributed by atoms with Crippen LogP contribution in [-0.4, -0.2) is 64.5 Å². The van der Waals surface area contributed by atoms with Gasteiger partial charge in [0.25, 0.3) is 5.91 Å². The number of anilines is 2. The number of hydrogen-bond donors (Lipinski definition) is 2. The quantitative estimate of drug-likeness (QED) is 0.555. The first-order valence-electron chi connectivity index (χ1n) is 12.8. The van der Waals surface area contributed by atoms with Gasteiger partial charge in [-0.2, -0.15) is 0 Å². The van der Waals surface area contributed by atoms with Crippen LogP contribution < -0.4 is 19.9 Å². The summed E-state index contributed by atoms with van der Waals surface area (Å²) in [7, 11) is 1.48. The molecule has 200 valence electrons. The molecule has 1 aromatic heterocycles. The van der Waals surface area contributed by atoms with Crippen LogP contribution in [0.3, 0.4) is 0 Å². The van der Waals surface area contributed by atoms with Crippen LogP contribution in [0.2, 0.25) is 0 Å². The molecule has 3 aliphatic rings. The van der Waals surface area contributed by atoms with Crippen LogP contribution in [-0.2, 0) is 22.7 Å². The first kappa shape index (κ1) is 25.5. The number of hydrogen-bond acceptors (Lipinski definition) is 7. The van der Waals surface area contributed by atoms with Gasteiger partial charge >= 0.3 is 6.09 Å². The third-order valence-corrected chi connectivity index (χ3v) is 7.61. The Morgan fingerprint density at radius 1 is 1.18 bits per heavy atom. The van der Waals surface area contributed by atoms with Crippen molar-refractivity contribution >= 4 is 35.3 Å². The molecular formula is C27H31N5O6. The molecule has 1 aromatic carbocycles. The number of amides is 4. The third-order valence-electron chi connectivity index (χ3n) is 7.61. The molecule has 2 unspecified atom stereocenters. The number of methoxy groups -OCH3 is 1. The van der Waals surface area contributed by atoms with E-state index >= 15 is 0 Å². The molecule has 2 N–H and O–H groups in total. The van der Waals surface area contributed by atoms with Crippen LogP contribution in [0.5, 0.6) is 5.75 Å². The predicted molar refractivity (Wildman–Crippen MR) is 138 cm³/mol. The molecule has 0 bridgehead atoms. The molecule has 0 radical (unpaired) electrons. The summed E-state index contributed by atoms with van der Waals surface area (Å²) in [5.74, 6) is 0.0758. The number of carboxylic acid groups (broad SMARTS) is 1. The van der Waals surface area contributed by atoms with Crippen molar-refractivity contribution in [3.63, 3.8) is 0 Å². The van der Waals surface area contributed by atoms with Crippen molar-refractivity contribution in [3.05, 3.63) is 47.2 Å². The summed E-state index contributed by atoms with van der Waals surface area (Å²) >= 11 is 0. The number of fused-ring (bicyclic) bond motifs is 1. The van der Waals surface area contributed by atoms with Gasteiger partial charge in [-0.3, -0.25) is 24.6 Å². The van der Waals surface area contributed by atoms with Crippen molar-refractivity contribution in [1.29, 1.82) is 0 Å². The second-order valence-electron chi connectivity index (χ2n) is 10.0. The number of pyridine rings is 1. The lowest BCUT2D eigenvalue weighted by atomic mass is 10.0. The number of aromatic nitrogens is 1. The summed E-state index contributed by atoms with van der Waals surface area (Å²) in [6.07, 6.45) is 4.23. The molecule has 0 saturated carbocycles. The van der Waals surface area contributed by atoms with Crippen molar-refractivity contribution < 1.29 is 29.0 Å². The Bertz CT molecular complexity index is 1280. The normalized spacial score (nSPS) is 21.3. The summed E-state index contributed by atoms with van der Waals surface area (Å²) in [5.41, 5.74) is 1.98. The number of imide groups is 1. The van der Waals surface area contributed by atoms with Gasteiger partial charge in [0, 0.05) is 30.1 Å². The van der Waals surface area contributed by atoms with Crippen LogP contribution in [0.15, 0.2) is 30.5 Å². The number of benzene rings is 1. The number of carbonyl (C=O) groups is 4. The van der Waals surface area contributed by atoms with Gasteiger partial charge in [-0.15, -0.1) is 0 Å². The first-order valence-corrected chi connectivity index (χ1v) is 12.8. The van der Waals surface area contributed by atoms with E-state index in [1.807, 2.05) is 6.07 Å². The van der Waals surface area contributed by atoms with E-state index in [1.165, 1.54) is 23.3 Å². The average Bonchev–Trinajstić information content (AvgIpc) is 3.23. The molecule has 38 heavy (non-hydrogen) atoms. The molecule has 2 atom stereocenters. The fourth-order valence-electron chi connectivity index (χ4n) is 5.56. The highest BCUT2D eigenvalue weighted by molar-refractivity contribution is 6.05. The largest absolute Gasteiger partial charge is 0.496 e. The summed E-state index contributed by atoms with van der Waals surface area (Å²) in [6.45, 7) is 3.25. The molecule has 11 heteroatoms. The lowest BCUT2D eigenvalue weighted by Crippen LogP contribution is -2.52. The number of ether oxygens (including phenoxy) is 1. The predicted octanol–water partition coefficient (Wildman–Crippen LogP) is 2.91. The lowest BCUT2D eigenvalue weighted by molar-refractivity contribution is -0.136. The topological polar surface area (TPSA) is 132 Å². The van der Waals surface area contributed by atoms with E-state index in [1.54, 1.807) is 24.4 Å².